The second-order valence-electron chi connectivity index (χ2n) is 6.35. The summed E-state index contributed by atoms with van der Waals surface area (Å²) < 4.78 is 16.6. The van der Waals surface area contributed by atoms with Gasteiger partial charge in [-0.3, -0.25) is 9.36 Å². The molecular formula is C19H18FN5O. The maximum absolute atomic E-state index is 15.1. The van der Waals surface area contributed by atoms with E-state index < -0.39 is 5.82 Å². The van der Waals surface area contributed by atoms with Crippen molar-refractivity contribution >= 4 is 5.82 Å². The summed E-state index contributed by atoms with van der Waals surface area (Å²) in [6, 6.07) is 9.17. The molecule has 0 saturated heterocycles. The van der Waals surface area contributed by atoms with Crippen LogP contribution in [0, 0.1) is 12.7 Å². The monoisotopic (exact) mass is 351 g/mol. The molecule has 0 atom stereocenters. The summed E-state index contributed by atoms with van der Waals surface area (Å²) in [6.45, 7) is 2.65. The molecule has 0 radical (unpaired) electrons. The van der Waals surface area contributed by atoms with Gasteiger partial charge in [0.15, 0.2) is 11.6 Å². The molecule has 132 valence electrons. The van der Waals surface area contributed by atoms with Crippen LogP contribution in [0.4, 0.5) is 10.2 Å². The highest BCUT2D eigenvalue weighted by atomic mass is 19.1. The highest BCUT2D eigenvalue weighted by Gasteiger charge is 2.26. The molecular weight excluding hydrogens is 333 g/mol. The van der Waals surface area contributed by atoms with Crippen LogP contribution in [0.3, 0.4) is 0 Å². The van der Waals surface area contributed by atoms with Crippen molar-refractivity contribution in [1.29, 1.82) is 0 Å². The summed E-state index contributed by atoms with van der Waals surface area (Å²) in [5.74, 6) is 0.424. The molecule has 6 nitrogen and oxygen atoms in total. The Hall–Kier alpha value is -3.09. The number of anilines is 1. The van der Waals surface area contributed by atoms with Gasteiger partial charge in [0.05, 0.1) is 17.8 Å². The van der Waals surface area contributed by atoms with E-state index in [1.165, 1.54) is 10.9 Å². The Balaban J connectivity index is 1.74. The predicted octanol–water partition coefficient (Wildman–Crippen LogP) is 2.25. The SMILES string of the molecule is Cc1nc2c(c(=O)n1C)CN(c1ncnc(-c3ccccc3)c1F)CC2. The van der Waals surface area contributed by atoms with Crippen molar-refractivity contribution in [3.63, 3.8) is 0 Å². The molecule has 1 aromatic carbocycles. The van der Waals surface area contributed by atoms with Crippen molar-refractivity contribution in [2.45, 2.75) is 19.9 Å². The fraction of sp³-hybridized carbons (Fsp3) is 0.263. The number of hydrogen-bond donors (Lipinski definition) is 0. The van der Waals surface area contributed by atoms with Gasteiger partial charge < -0.3 is 4.90 Å². The van der Waals surface area contributed by atoms with Crippen LogP contribution in [-0.4, -0.2) is 26.1 Å². The largest absolute Gasteiger partial charge is 0.349 e. The van der Waals surface area contributed by atoms with Gasteiger partial charge in [-0.05, 0) is 6.92 Å². The van der Waals surface area contributed by atoms with Crippen LogP contribution in [0.2, 0.25) is 0 Å². The molecule has 2 aromatic heterocycles. The van der Waals surface area contributed by atoms with Gasteiger partial charge in [0.2, 0.25) is 0 Å². The second kappa shape index (κ2) is 6.33. The molecule has 0 saturated carbocycles. The fourth-order valence-electron chi connectivity index (χ4n) is 3.25. The minimum Gasteiger partial charge on any atom is -0.349 e. The zero-order valence-corrected chi connectivity index (χ0v) is 14.6. The molecule has 0 N–H and O–H groups in total. The van der Waals surface area contributed by atoms with Crippen LogP contribution < -0.4 is 10.5 Å². The lowest BCUT2D eigenvalue weighted by molar-refractivity contribution is 0.589. The Labute approximate surface area is 150 Å². The van der Waals surface area contributed by atoms with Gasteiger partial charge in [-0.1, -0.05) is 30.3 Å². The van der Waals surface area contributed by atoms with Gasteiger partial charge in [-0.15, -0.1) is 0 Å². The molecule has 0 amide bonds. The Morgan fingerprint density at radius 1 is 1.15 bits per heavy atom. The first kappa shape index (κ1) is 16.4. The molecule has 1 aliphatic rings. The molecule has 0 unspecified atom stereocenters. The lowest BCUT2D eigenvalue weighted by atomic mass is 10.1. The topological polar surface area (TPSA) is 63.9 Å². The molecule has 1 aliphatic heterocycles. The Morgan fingerprint density at radius 2 is 1.92 bits per heavy atom. The molecule has 7 heteroatoms. The van der Waals surface area contributed by atoms with Crippen LogP contribution in [0.15, 0.2) is 41.5 Å². The van der Waals surface area contributed by atoms with Gasteiger partial charge in [-0.2, -0.15) is 0 Å². The van der Waals surface area contributed by atoms with E-state index in [9.17, 15) is 4.79 Å². The molecule has 0 spiro atoms. The predicted molar refractivity (Wildman–Crippen MR) is 96.4 cm³/mol. The third-order valence-corrected chi connectivity index (χ3v) is 4.78. The molecule has 26 heavy (non-hydrogen) atoms. The highest BCUT2D eigenvalue weighted by molar-refractivity contribution is 5.63. The molecule has 0 fully saturated rings. The summed E-state index contributed by atoms with van der Waals surface area (Å²) in [5.41, 5.74) is 2.26. The first-order valence-corrected chi connectivity index (χ1v) is 8.42. The summed E-state index contributed by atoms with van der Waals surface area (Å²) >= 11 is 0. The molecule has 3 heterocycles. The van der Waals surface area contributed by atoms with Gasteiger partial charge in [0.1, 0.15) is 17.8 Å². The first-order chi connectivity index (χ1) is 12.6. The van der Waals surface area contributed by atoms with Gasteiger partial charge in [0, 0.05) is 25.6 Å². The molecule has 0 bridgehead atoms. The van der Waals surface area contributed by atoms with E-state index in [1.54, 1.807) is 11.9 Å². The number of halogens is 1. The zero-order chi connectivity index (χ0) is 18.3. The Bertz CT molecular complexity index is 1030. The highest BCUT2D eigenvalue weighted by Crippen LogP contribution is 2.28. The van der Waals surface area contributed by atoms with E-state index in [0.29, 0.717) is 29.9 Å². The lowest BCUT2D eigenvalue weighted by Gasteiger charge is -2.29. The molecule has 0 aliphatic carbocycles. The van der Waals surface area contributed by atoms with Crippen molar-refractivity contribution in [2.24, 2.45) is 7.05 Å². The number of aromatic nitrogens is 4. The van der Waals surface area contributed by atoms with E-state index in [2.05, 4.69) is 15.0 Å². The smallest absolute Gasteiger partial charge is 0.258 e. The van der Waals surface area contributed by atoms with Crippen molar-refractivity contribution in [2.75, 3.05) is 11.4 Å². The second-order valence-corrected chi connectivity index (χ2v) is 6.35. The zero-order valence-electron chi connectivity index (χ0n) is 14.6. The number of benzene rings is 1. The maximum atomic E-state index is 15.1. The van der Waals surface area contributed by atoms with Crippen molar-refractivity contribution in [3.8, 4) is 11.3 Å². The average Bonchev–Trinajstić information content (AvgIpc) is 2.67. The first-order valence-electron chi connectivity index (χ1n) is 8.42. The van der Waals surface area contributed by atoms with E-state index in [-0.39, 0.29) is 23.6 Å². The third kappa shape index (κ3) is 2.65. The minimum atomic E-state index is -0.473. The Kier molecular flexibility index (Phi) is 3.99. The van der Waals surface area contributed by atoms with E-state index >= 15 is 4.39 Å². The number of hydrogen-bond acceptors (Lipinski definition) is 5. The number of rotatable bonds is 2. The molecule has 4 rings (SSSR count). The van der Waals surface area contributed by atoms with Crippen LogP contribution in [0.5, 0.6) is 0 Å². The van der Waals surface area contributed by atoms with Crippen LogP contribution in [-0.2, 0) is 20.0 Å². The summed E-state index contributed by atoms with van der Waals surface area (Å²) in [6.07, 6.45) is 1.94. The lowest BCUT2D eigenvalue weighted by Crippen LogP contribution is -2.39. The quantitative estimate of drug-likeness (QED) is 0.709. The number of aryl methyl sites for hydroxylation is 1. The number of fused-ring (bicyclic) bond motifs is 1. The maximum Gasteiger partial charge on any atom is 0.258 e. The summed E-state index contributed by atoms with van der Waals surface area (Å²) in [7, 11) is 1.70. The van der Waals surface area contributed by atoms with Crippen molar-refractivity contribution in [1.82, 2.24) is 19.5 Å². The summed E-state index contributed by atoms with van der Waals surface area (Å²) in [5, 5.41) is 0. The molecule has 3 aromatic rings. The van der Waals surface area contributed by atoms with Crippen LogP contribution >= 0.6 is 0 Å². The van der Waals surface area contributed by atoms with E-state index in [4.69, 9.17) is 0 Å². The normalized spacial score (nSPS) is 13.6. The average molecular weight is 351 g/mol. The van der Waals surface area contributed by atoms with Gasteiger partial charge in [0.25, 0.3) is 5.56 Å². The standard InChI is InChI=1S/C19H18FN5O/c1-12-23-15-8-9-25(10-14(15)19(26)24(12)2)18-16(20)17(21-11-22-18)13-6-4-3-5-7-13/h3-7,11H,8-10H2,1-2H3. The van der Waals surface area contributed by atoms with E-state index in [1.807, 2.05) is 37.3 Å². The Morgan fingerprint density at radius 3 is 2.69 bits per heavy atom. The van der Waals surface area contributed by atoms with E-state index in [0.717, 1.165) is 5.69 Å². The van der Waals surface area contributed by atoms with Crippen molar-refractivity contribution in [3.05, 3.63) is 69.9 Å². The van der Waals surface area contributed by atoms with Gasteiger partial charge >= 0.3 is 0 Å². The minimum absolute atomic E-state index is 0.0880. The number of nitrogens with zero attached hydrogens (tertiary/aromatic N) is 5. The van der Waals surface area contributed by atoms with Gasteiger partial charge in [-0.25, -0.2) is 19.3 Å². The van der Waals surface area contributed by atoms with Crippen LogP contribution in [0.25, 0.3) is 11.3 Å². The van der Waals surface area contributed by atoms with Crippen molar-refractivity contribution < 1.29 is 4.39 Å². The summed E-state index contributed by atoms with van der Waals surface area (Å²) in [4.78, 5) is 27.1. The fourth-order valence-corrected chi connectivity index (χ4v) is 3.25. The third-order valence-electron chi connectivity index (χ3n) is 4.78. The van der Waals surface area contributed by atoms with Crippen LogP contribution in [0.1, 0.15) is 17.1 Å².